The molecule has 3 heterocycles. The number of aromatic carboxylic acids is 1. The number of methoxy groups -OCH3 is 1. The Balaban J connectivity index is 2.19. The summed E-state index contributed by atoms with van der Waals surface area (Å²) >= 11 is 0. The zero-order chi connectivity index (χ0) is 15.0. The molecular weight excluding hydrogens is 274 g/mol. The number of carboxylic acid groups (broad SMARTS) is 1. The Labute approximate surface area is 121 Å². The van der Waals surface area contributed by atoms with Gasteiger partial charge in [0.1, 0.15) is 11.3 Å². The van der Waals surface area contributed by atoms with Gasteiger partial charge in [0.25, 0.3) is 0 Å². The standard InChI is InChI=1S/C14H17N3O4/c1-8-11-12(20-2)10(14(18)19)7-15-13(11)17(16-8)9-3-5-21-6-4-9/h7,9H,3-6H2,1-2H3,(H,18,19). The van der Waals surface area contributed by atoms with Crippen LogP contribution in [0.15, 0.2) is 6.20 Å². The van der Waals surface area contributed by atoms with Crippen LogP contribution in [0.1, 0.15) is 34.9 Å². The second-order valence-electron chi connectivity index (χ2n) is 5.08. The van der Waals surface area contributed by atoms with Crippen LogP contribution in [0.2, 0.25) is 0 Å². The van der Waals surface area contributed by atoms with Gasteiger partial charge in [-0.25, -0.2) is 14.5 Å². The van der Waals surface area contributed by atoms with E-state index in [1.807, 2.05) is 11.6 Å². The first kappa shape index (κ1) is 13.8. The van der Waals surface area contributed by atoms with E-state index in [4.69, 9.17) is 9.47 Å². The van der Waals surface area contributed by atoms with Crippen LogP contribution in [0.3, 0.4) is 0 Å². The first-order valence-electron chi connectivity index (χ1n) is 6.86. The number of carbonyl (C=O) groups is 1. The number of aromatic nitrogens is 3. The van der Waals surface area contributed by atoms with Crippen LogP contribution < -0.4 is 4.74 Å². The van der Waals surface area contributed by atoms with Gasteiger partial charge in [0.2, 0.25) is 0 Å². The highest BCUT2D eigenvalue weighted by Crippen LogP contribution is 2.33. The van der Waals surface area contributed by atoms with Crippen molar-refractivity contribution in [3.05, 3.63) is 17.5 Å². The van der Waals surface area contributed by atoms with Crippen molar-refractivity contribution in [2.75, 3.05) is 20.3 Å². The fourth-order valence-electron chi connectivity index (χ4n) is 2.79. The van der Waals surface area contributed by atoms with Crippen molar-refractivity contribution >= 4 is 17.0 Å². The van der Waals surface area contributed by atoms with Gasteiger partial charge >= 0.3 is 5.97 Å². The predicted octanol–water partition coefficient (Wildman–Crippen LogP) is 1.80. The smallest absolute Gasteiger partial charge is 0.341 e. The van der Waals surface area contributed by atoms with Crippen molar-refractivity contribution in [2.45, 2.75) is 25.8 Å². The molecule has 0 atom stereocenters. The predicted molar refractivity (Wildman–Crippen MR) is 74.9 cm³/mol. The van der Waals surface area contributed by atoms with Gasteiger partial charge in [0, 0.05) is 19.4 Å². The minimum Gasteiger partial charge on any atom is -0.495 e. The molecule has 1 fully saturated rings. The topological polar surface area (TPSA) is 86.5 Å². The van der Waals surface area contributed by atoms with Crippen molar-refractivity contribution in [1.82, 2.24) is 14.8 Å². The SMILES string of the molecule is COc1c(C(=O)O)cnc2c1c(C)nn2C1CCOCC1. The summed E-state index contributed by atoms with van der Waals surface area (Å²) in [4.78, 5) is 15.6. The van der Waals surface area contributed by atoms with Crippen LogP contribution in [0.4, 0.5) is 0 Å². The second kappa shape index (κ2) is 5.33. The molecule has 0 unspecified atom stereocenters. The largest absolute Gasteiger partial charge is 0.495 e. The van der Waals surface area contributed by atoms with E-state index in [-0.39, 0.29) is 11.6 Å². The van der Waals surface area contributed by atoms with Crippen LogP contribution >= 0.6 is 0 Å². The monoisotopic (exact) mass is 291 g/mol. The van der Waals surface area contributed by atoms with Crippen molar-refractivity contribution in [2.24, 2.45) is 0 Å². The minimum absolute atomic E-state index is 0.0552. The fourth-order valence-corrected chi connectivity index (χ4v) is 2.79. The maximum Gasteiger partial charge on any atom is 0.341 e. The molecule has 0 bridgehead atoms. The van der Waals surface area contributed by atoms with E-state index in [0.717, 1.165) is 18.5 Å². The quantitative estimate of drug-likeness (QED) is 0.928. The summed E-state index contributed by atoms with van der Waals surface area (Å²) in [7, 11) is 1.46. The lowest BCUT2D eigenvalue weighted by atomic mass is 10.1. The number of rotatable bonds is 3. The van der Waals surface area contributed by atoms with Crippen LogP contribution in [0, 0.1) is 6.92 Å². The lowest BCUT2D eigenvalue weighted by Crippen LogP contribution is -2.20. The molecule has 7 nitrogen and oxygen atoms in total. The Morgan fingerprint density at radius 3 is 2.81 bits per heavy atom. The summed E-state index contributed by atoms with van der Waals surface area (Å²) in [6.45, 7) is 3.25. The number of hydrogen-bond acceptors (Lipinski definition) is 5. The molecule has 2 aromatic rings. The van der Waals surface area contributed by atoms with Gasteiger partial charge in [-0.3, -0.25) is 0 Å². The van der Waals surface area contributed by atoms with Gasteiger partial charge < -0.3 is 14.6 Å². The molecule has 1 aliphatic heterocycles. The summed E-state index contributed by atoms with van der Waals surface area (Å²) in [6.07, 6.45) is 3.09. The summed E-state index contributed by atoms with van der Waals surface area (Å²) in [5, 5.41) is 14.5. The fraction of sp³-hybridized carbons (Fsp3) is 0.500. The van der Waals surface area contributed by atoms with E-state index in [2.05, 4.69) is 10.1 Å². The lowest BCUT2D eigenvalue weighted by molar-refractivity contribution is 0.0672. The Bertz CT molecular complexity index is 689. The Kier molecular flexibility index (Phi) is 3.50. The van der Waals surface area contributed by atoms with Crippen molar-refractivity contribution < 1.29 is 19.4 Å². The van der Waals surface area contributed by atoms with Gasteiger partial charge in [-0.1, -0.05) is 0 Å². The highest BCUT2D eigenvalue weighted by molar-refractivity contribution is 5.98. The number of fused-ring (bicyclic) bond motifs is 1. The molecule has 1 saturated heterocycles. The van der Waals surface area contributed by atoms with E-state index in [1.165, 1.54) is 13.3 Å². The maximum atomic E-state index is 11.3. The molecule has 0 amide bonds. The average molecular weight is 291 g/mol. The Morgan fingerprint density at radius 2 is 2.19 bits per heavy atom. The van der Waals surface area contributed by atoms with E-state index in [1.54, 1.807) is 0 Å². The molecule has 0 aliphatic carbocycles. The lowest BCUT2D eigenvalue weighted by Gasteiger charge is -2.22. The van der Waals surface area contributed by atoms with Crippen LogP contribution in [0.25, 0.3) is 11.0 Å². The first-order chi connectivity index (χ1) is 10.1. The van der Waals surface area contributed by atoms with Crippen molar-refractivity contribution in [3.8, 4) is 5.75 Å². The van der Waals surface area contributed by atoms with E-state index < -0.39 is 5.97 Å². The molecule has 1 N–H and O–H groups in total. The molecule has 0 spiro atoms. The van der Waals surface area contributed by atoms with Gasteiger partial charge in [0.05, 0.1) is 24.2 Å². The van der Waals surface area contributed by atoms with Crippen LogP contribution in [-0.4, -0.2) is 46.2 Å². The molecule has 21 heavy (non-hydrogen) atoms. The van der Waals surface area contributed by atoms with Gasteiger partial charge in [-0.2, -0.15) is 5.10 Å². The zero-order valence-electron chi connectivity index (χ0n) is 12.0. The number of carboxylic acids is 1. The third-order valence-electron chi connectivity index (χ3n) is 3.82. The number of ether oxygens (including phenoxy) is 2. The third-order valence-corrected chi connectivity index (χ3v) is 3.82. The van der Waals surface area contributed by atoms with Gasteiger partial charge in [0.15, 0.2) is 5.65 Å². The van der Waals surface area contributed by atoms with Gasteiger partial charge in [-0.05, 0) is 19.8 Å². The highest BCUT2D eigenvalue weighted by atomic mass is 16.5. The normalized spacial score (nSPS) is 16.3. The third kappa shape index (κ3) is 2.23. The maximum absolute atomic E-state index is 11.3. The number of hydrogen-bond donors (Lipinski definition) is 1. The van der Waals surface area contributed by atoms with E-state index in [9.17, 15) is 9.90 Å². The Morgan fingerprint density at radius 1 is 1.48 bits per heavy atom. The average Bonchev–Trinajstić information content (AvgIpc) is 2.84. The first-order valence-corrected chi connectivity index (χ1v) is 6.86. The number of pyridine rings is 1. The molecular formula is C14H17N3O4. The molecule has 0 aromatic carbocycles. The minimum atomic E-state index is -1.06. The molecule has 112 valence electrons. The van der Waals surface area contributed by atoms with Crippen molar-refractivity contribution in [3.63, 3.8) is 0 Å². The summed E-state index contributed by atoms with van der Waals surface area (Å²) < 4.78 is 12.6. The zero-order valence-corrected chi connectivity index (χ0v) is 12.0. The summed E-state index contributed by atoms with van der Waals surface area (Å²) in [5.74, 6) is -0.734. The highest BCUT2D eigenvalue weighted by Gasteiger charge is 2.25. The number of nitrogens with zero attached hydrogens (tertiary/aromatic N) is 3. The Hall–Kier alpha value is -2.15. The molecule has 0 saturated carbocycles. The van der Waals surface area contributed by atoms with Crippen LogP contribution in [0.5, 0.6) is 5.75 Å². The second-order valence-corrected chi connectivity index (χ2v) is 5.08. The molecule has 2 aromatic heterocycles. The summed E-state index contributed by atoms with van der Waals surface area (Å²) in [5.41, 5.74) is 1.45. The van der Waals surface area contributed by atoms with Crippen LogP contribution in [-0.2, 0) is 4.74 Å². The molecule has 3 rings (SSSR count). The molecule has 0 radical (unpaired) electrons. The molecule has 7 heteroatoms. The molecule has 1 aliphatic rings. The van der Waals surface area contributed by atoms with Gasteiger partial charge in [-0.15, -0.1) is 0 Å². The summed E-state index contributed by atoms with van der Waals surface area (Å²) in [6, 6.07) is 0.225. The van der Waals surface area contributed by atoms with Crippen molar-refractivity contribution in [1.29, 1.82) is 0 Å². The van der Waals surface area contributed by atoms with E-state index in [0.29, 0.717) is 30.0 Å². The number of aryl methyl sites for hydroxylation is 1. The van der Waals surface area contributed by atoms with E-state index >= 15 is 0 Å².